The van der Waals surface area contributed by atoms with Crippen LogP contribution in [0, 0.1) is 31.1 Å². The normalized spacial score (nSPS) is 22.8. The van der Waals surface area contributed by atoms with Crippen molar-refractivity contribution in [2.45, 2.75) is 46.1 Å². The first-order chi connectivity index (χ1) is 15.9. The molecule has 1 aliphatic carbocycles. The van der Waals surface area contributed by atoms with Gasteiger partial charge in [-0.25, -0.2) is 9.97 Å². The van der Waals surface area contributed by atoms with Crippen molar-refractivity contribution in [1.82, 2.24) is 15.4 Å². The number of carbonyl (C=O) groups is 1. The zero-order valence-electron chi connectivity index (χ0n) is 18.9. The Morgan fingerprint density at radius 2 is 1.91 bits per heavy atom. The summed E-state index contributed by atoms with van der Waals surface area (Å²) in [5, 5.41) is 23.0. The first kappa shape index (κ1) is 23.6. The molecule has 0 spiro atoms. The Kier molecular flexibility index (Phi) is 5.80. The number of nitrogens with zero attached hydrogens (tertiary/aromatic N) is 5. The molecule has 12 nitrogen and oxygen atoms in total. The van der Waals surface area contributed by atoms with Crippen molar-refractivity contribution in [2.24, 2.45) is 10.8 Å². The summed E-state index contributed by atoms with van der Waals surface area (Å²) in [6, 6.07) is 3.66. The van der Waals surface area contributed by atoms with E-state index in [9.17, 15) is 25.0 Å². The van der Waals surface area contributed by atoms with Crippen molar-refractivity contribution in [1.29, 1.82) is 0 Å². The SMILES string of the molecule is CC1(C)CC2CC(C)(CN2c2ncnc(NNC(=O)c3ccc(Cl)c([N+](=O)[O-])c3)c2[N+](=O)[O-])C1. The van der Waals surface area contributed by atoms with E-state index in [0.29, 0.717) is 6.54 Å². The molecule has 13 heteroatoms. The summed E-state index contributed by atoms with van der Waals surface area (Å²) in [5.41, 5.74) is 4.11. The largest absolute Gasteiger partial charge is 0.355 e. The number of hydrogen-bond donors (Lipinski definition) is 2. The molecule has 1 amide bonds. The minimum absolute atomic E-state index is 0.0242. The van der Waals surface area contributed by atoms with E-state index in [1.165, 1.54) is 18.5 Å². The lowest BCUT2D eigenvalue weighted by atomic mass is 9.65. The zero-order chi connectivity index (χ0) is 24.8. The van der Waals surface area contributed by atoms with Gasteiger partial charge < -0.3 is 4.90 Å². The summed E-state index contributed by atoms with van der Waals surface area (Å²) in [4.78, 5) is 44.5. The minimum atomic E-state index is -0.750. The van der Waals surface area contributed by atoms with Crippen LogP contribution in [0.15, 0.2) is 24.5 Å². The van der Waals surface area contributed by atoms with E-state index >= 15 is 0 Å². The predicted octanol–water partition coefficient (Wildman–Crippen LogP) is 4.11. The Balaban J connectivity index is 1.59. The van der Waals surface area contributed by atoms with Gasteiger partial charge in [-0.15, -0.1) is 0 Å². The number of halogens is 1. The molecule has 1 saturated carbocycles. The number of hydrazine groups is 1. The topological polar surface area (TPSA) is 156 Å². The highest BCUT2D eigenvalue weighted by Crippen LogP contribution is 2.54. The molecule has 2 fully saturated rings. The molecule has 1 aliphatic heterocycles. The van der Waals surface area contributed by atoms with Gasteiger partial charge in [0.15, 0.2) is 0 Å². The smallest absolute Gasteiger partial charge is 0.347 e. The van der Waals surface area contributed by atoms with Crippen LogP contribution in [0.1, 0.15) is 50.4 Å². The van der Waals surface area contributed by atoms with Gasteiger partial charge in [0.2, 0.25) is 11.6 Å². The van der Waals surface area contributed by atoms with Gasteiger partial charge in [0.25, 0.3) is 11.6 Å². The van der Waals surface area contributed by atoms with Gasteiger partial charge in [0.1, 0.15) is 11.3 Å². The number of benzene rings is 1. The first-order valence-corrected chi connectivity index (χ1v) is 11.0. The fourth-order valence-electron chi connectivity index (χ4n) is 5.53. The third-order valence-electron chi connectivity index (χ3n) is 6.37. The summed E-state index contributed by atoms with van der Waals surface area (Å²) >= 11 is 5.78. The number of nitrogens with one attached hydrogen (secondary N) is 2. The maximum atomic E-state index is 12.5. The van der Waals surface area contributed by atoms with Crippen LogP contribution < -0.4 is 15.8 Å². The fraction of sp³-hybridized carbons (Fsp3) is 0.476. The molecule has 1 aromatic heterocycles. The van der Waals surface area contributed by atoms with E-state index in [0.717, 1.165) is 25.3 Å². The van der Waals surface area contributed by atoms with Gasteiger partial charge in [-0.05, 0) is 42.2 Å². The van der Waals surface area contributed by atoms with E-state index in [2.05, 4.69) is 41.6 Å². The van der Waals surface area contributed by atoms with Crippen molar-refractivity contribution < 1.29 is 14.6 Å². The maximum Gasteiger partial charge on any atom is 0.355 e. The number of rotatable bonds is 6. The molecule has 180 valence electrons. The lowest BCUT2D eigenvalue weighted by Gasteiger charge is -2.39. The second-order valence-corrected chi connectivity index (χ2v) is 10.4. The van der Waals surface area contributed by atoms with Gasteiger partial charge in [-0.3, -0.25) is 35.9 Å². The Hall–Kier alpha value is -3.54. The molecule has 1 aromatic carbocycles. The van der Waals surface area contributed by atoms with Crippen LogP contribution in [0.2, 0.25) is 5.02 Å². The average Bonchev–Trinajstić information content (AvgIpc) is 3.00. The fourth-order valence-corrected chi connectivity index (χ4v) is 5.72. The number of nitro benzene ring substituents is 1. The van der Waals surface area contributed by atoms with Gasteiger partial charge in [0.05, 0.1) is 9.85 Å². The zero-order valence-corrected chi connectivity index (χ0v) is 19.6. The van der Waals surface area contributed by atoms with Crippen molar-refractivity contribution in [3.8, 4) is 0 Å². The lowest BCUT2D eigenvalue weighted by molar-refractivity contribution is -0.384. The van der Waals surface area contributed by atoms with E-state index < -0.39 is 21.4 Å². The second-order valence-electron chi connectivity index (χ2n) is 10.00. The summed E-state index contributed by atoms with van der Waals surface area (Å²) in [7, 11) is 0. The van der Waals surface area contributed by atoms with E-state index in [-0.39, 0.29) is 44.8 Å². The van der Waals surface area contributed by atoms with Crippen molar-refractivity contribution in [3.05, 3.63) is 55.3 Å². The number of anilines is 2. The molecular weight excluding hydrogens is 466 g/mol. The van der Waals surface area contributed by atoms with Crippen LogP contribution >= 0.6 is 11.6 Å². The molecule has 2 unspecified atom stereocenters. The molecule has 2 N–H and O–H groups in total. The summed E-state index contributed by atoms with van der Waals surface area (Å²) < 4.78 is 0. The van der Waals surface area contributed by atoms with E-state index in [4.69, 9.17) is 11.6 Å². The Bertz CT molecular complexity index is 1190. The quantitative estimate of drug-likeness (QED) is 0.450. The third kappa shape index (κ3) is 4.45. The van der Waals surface area contributed by atoms with Crippen LogP contribution in [-0.2, 0) is 0 Å². The van der Waals surface area contributed by atoms with Crippen LogP contribution in [0.25, 0.3) is 0 Å². The Morgan fingerprint density at radius 1 is 1.18 bits per heavy atom. The molecule has 2 aromatic rings. The number of amides is 1. The van der Waals surface area contributed by atoms with Crippen molar-refractivity contribution >= 4 is 40.5 Å². The van der Waals surface area contributed by atoms with Gasteiger partial charge in [-0.1, -0.05) is 32.4 Å². The molecule has 2 aliphatic rings. The number of fused-ring (bicyclic) bond motifs is 2. The second kappa shape index (κ2) is 8.35. The van der Waals surface area contributed by atoms with Gasteiger partial charge in [-0.2, -0.15) is 0 Å². The predicted molar refractivity (Wildman–Crippen MR) is 125 cm³/mol. The maximum absolute atomic E-state index is 12.5. The molecule has 2 bridgehead atoms. The lowest BCUT2D eigenvalue weighted by Crippen LogP contribution is -2.35. The molecule has 4 rings (SSSR count). The van der Waals surface area contributed by atoms with Gasteiger partial charge in [0, 0.05) is 24.2 Å². The summed E-state index contributed by atoms with van der Waals surface area (Å²) in [6.45, 7) is 7.25. The van der Waals surface area contributed by atoms with Crippen molar-refractivity contribution in [3.63, 3.8) is 0 Å². The highest BCUT2D eigenvalue weighted by molar-refractivity contribution is 6.32. The first-order valence-electron chi connectivity index (χ1n) is 10.7. The van der Waals surface area contributed by atoms with Crippen LogP contribution in [0.5, 0.6) is 0 Å². The highest BCUT2D eigenvalue weighted by Gasteiger charge is 2.51. The monoisotopic (exact) mass is 489 g/mol. The number of aromatic nitrogens is 2. The number of carbonyl (C=O) groups excluding carboxylic acids is 1. The summed E-state index contributed by atoms with van der Waals surface area (Å²) in [6.07, 6.45) is 4.03. The third-order valence-corrected chi connectivity index (χ3v) is 6.69. The molecule has 2 heterocycles. The molecule has 34 heavy (non-hydrogen) atoms. The molecule has 0 radical (unpaired) electrons. The molecule has 1 saturated heterocycles. The highest BCUT2D eigenvalue weighted by atomic mass is 35.5. The molecular formula is C21H24ClN7O5. The van der Waals surface area contributed by atoms with E-state index in [1.807, 2.05) is 4.90 Å². The average molecular weight is 490 g/mol. The van der Waals surface area contributed by atoms with E-state index in [1.54, 1.807) is 0 Å². The van der Waals surface area contributed by atoms with Crippen LogP contribution in [0.4, 0.5) is 23.0 Å². The summed E-state index contributed by atoms with van der Waals surface area (Å²) in [5.74, 6) is -0.733. The number of nitro groups is 2. The number of hydrogen-bond acceptors (Lipinski definition) is 9. The Morgan fingerprint density at radius 3 is 2.59 bits per heavy atom. The minimum Gasteiger partial charge on any atom is -0.347 e. The van der Waals surface area contributed by atoms with Gasteiger partial charge >= 0.3 is 5.69 Å². The standard InChI is InChI=1S/C21H24ClN7O5/c1-20(2)7-13-8-21(3,9-20)10-27(13)18-16(29(33)34)17(23-11-24-18)25-26-19(30)12-4-5-14(22)15(6-12)28(31)32/h4-6,11,13H,7-10H2,1-3H3,(H,26,30)(H,23,24,25). The van der Waals surface area contributed by atoms with Crippen LogP contribution in [-0.4, -0.2) is 38.3 Å². The molecule has 2 atom stereocenters. The Labute approximate surface area is 200 Å². The van der Waals surface area contributed by atoms with Crippen LogP contribution in [0.3, 0.4) is 0 Å². The van der Waals surface area contributed by atoms with Crippen molar-refractivity contribution in [2.75, 3.05) is 16.9 Å².